The zero-order valence-electron chi connectivity index (χ0n) is 16.6. The first-order valence-corrected chi connectivity index (χ1v) is 14.5. The first-order chi connectivity index (χ1) is 9.14. The van der Waals surface area contributed by atoms with E-state index in [0.717, 1.165) is 6.61 Å². The van der Waals surface area contributed by atoms with Crippen molar-refractivity contribution in [2.45, 2.75) is 104 Å². The molecule has 128 valence electrons. The van der Waals surface area contributed by atoms with Gasteiger partial charge in [0.2, 0.25) is 0 Å². The van der Waals surface area contributed by atoms with Gasteiger partial charge in [-0.1, -0.05) is 68.0 Å². The van der Waals surface area contributed by atoms with Crippen molar-refractivity contribution in [1.29, 1.82) is 0 Å². The zero-order valence-corrected chi connectivity index (χ0v) is 18.6. The van der Waals surface area contributed by atoms with Gasteiger partial charge >= 0.3 is 0 Å². The standard InChI is InChI=1S/C17H41NOSi2/c1-12-13-15(18-20(8,9)16(2,3)4)14-19-21(10,11)17(5,6)7/h15,18H,12-14H2,1-11H3. The van der Waals surface area contributed by atoms with Crippen molar-refractivity contribution in [3.8, 4) is 0 Å². The summed E-state index contributed by atoms with van der Waals surface area (Å²) in [4.78, 5) is 3.99. The number of hydrogen-bond acceptors (Lipinski definition) is 2. The molecule has 0 saturated carbocycles. The Morgan fingerprint density at radius 3 is 1.71 bits per heavy atom. The van der Waals surface area contributed by atoms with E-state index in [1.165, 1.54) is 12.8 Å². The Bertz CT molecular complexity index is 314. The van der Waals surface area contributed by atoms with Crippen molar-refractivity contribution in [1.82, 2.24) is 4.98 Å². The molecule has 0 aromatic rings. The first-order valence-electron chi connectivity index (χ1n) is 8.56. The van der Waals surface area contributed by atoms with Gasteiger partial charge in [-0.3, -0.25) is 0 Å². The van der Waals surface area contributed by atoms with Crippen LogP contribution in [0.2, 0.25) is 36.3 Å². The molecule has 21 heavy (non-hydrogen) atoms. The predicted octanol–water partition coefficient (Wildman–Crippen LogP) is 5.77. The second kappa shape index (κ2) is 7.28. The van der Waals surface area contributed by atoms with Gasteiger partial charge in [0.25, 0.3) is 0 Å². The molecule has 1 N–H and O–H groups in total. The minimum atomic E-state index is -1.64. The van der Waals surface area contributed by atoms with Gasteiger partial charge in [0.1, 0.15) is 8.24 Å². The Kier molecular flexibility index (Phi) is 7.41. The molecule has 0 heterocycles. The molecule has 1 atom stereocenters. The molecule has 0 radical (unpaired) electrons. The summed E-state index contributed by atoms with van der Waals surface area (Å²) in [6.45, 7) is 26.8. The average Bonchev–Trinajstić information content (AvgIpc) is 2.22. The van der Waals surface area contributed by atoms with Gasteiger partial charge in [-0.25, -0.2) is 0 Å². The van der Waals surface area contributed by atoms with Gasteiger partial charge in [-0.2, -0.15) is 0 Å². The van der Waals surface area contributed by atoms with Gasteiger partial charge in [0.15, 0.2) is 8.32 Å². The molecule has 0 aliphatic heterocycles. The molecule has 0 bridgehead atoms. The molecule has 0 aromatic carbocycles. The second-order valence-corrected chi connectivity index (χ2v) is 19.4. The van der Waals surface area contributed by atoms with Crippen LogP contribution in [-0.4, -0.2) is 29.2 Å². The maximum Gasteiger partial charge on any atom is 0.192 e. The summed E-state index contributed by atoms with van der Waals surface area (Å²) in [6.07, 6.45) is 2.42. The Morgan fingerprint density at radius 1 is 0.905 bits per heavy atom. The SMILES string of the molecule is CCCC(CO[Si](C)(C)C(C)(C)C)N[Si](C)(C)C(C)(C)C. The van der Waals surface area contributed by atoms with Gasteiger partial charge in [-0.05, 0) is 29.6 Å². The smallest absolute Gasteiger partial charge is 0.192 e. The molecule has 1 unspecified atom stereocenters. The molecule has 0 amide bonds. The summed E-state index contributed by atoms with van der Waals surface area (Å²) >= 11 is 0. The summed E-state index contributed by atoms with van der Waals surface area (Å²) in [7, 11) is -3.10. The van der Waals surface area contributed by atoms with Crippen molar-refractivity contribution in [3.63, 3.8) is 0 Å². The van der Waals surface area contributed by atoms with Crippen LogP contribution in [0.1, 0.15) is 61.3 Å². The second-order valence-electron chi connectivity index (χ2n) is 9.58. The van der Waals surface area contributed by atoms with E-state index < -0.39 is 16.6 Å². The van der Waals surface area contributed by atoms with Gasteiger partial charge < -0.3 is 9.41 Å². The van der Waals surface area contributed by atoms with Crippen LogP contribution < -0.4 is 4.98 Å². The molecule has 0 aliphatic rings. The predicted molar refractivity (Wildman–Crippen MR) is 102 cm³/mol. The minimum absolute atomic E-state index is 0.292. The summed E-state index contributed by atoms with van der Waals surface area (Å²) in [5.74, 6) is 0. The highest BCUT2D eigenvalue weighted by Crippen LogP contribution is 2.37. The average molecular weight is 332 g/mol. The van der Waals surface area contributed by atoms with Crippen molar-refractivity contribution in [3.05, 3.63) is 0 Å². The van der Waals surface area contributed by atoms with E-state index in [0.29, 0.717) is 16.1 Å². The van der Waals surface area contributed by atoms with Gasteiger partial charge in [0, 0.05) is 12.6 Å². The zero-order chi connectivity index (χ0) is 17.1. The third kappa shape index (κ3) is 6.55. The molecule has 0 saturated heterocycles. The molecular weight excluding hydrogens is 290 g/mol. The summed E-state index contributed by atoms with van der Waals surface area (Å²) in [5, 5.41) is 0.663. The Balaban J connectivity index is 4.80. The van der Waals surface area contributed by atoms with E-state index in [4.69, 9.17) is 4.43 Å². The minimum Gasteiger partial charge on any atom is -0.415 e. The fourth-order valence-electron chi connectivity index (χ4n) is 1.80. The van der Waals surface area contributed by atoms with E-state index in [1.807, 2.05) is 0 Å². The summed E-state index contributed by atoms with van der Waals surface area (Å²) in [5.41, 5.74) is 0. The molecule has 4 heteroatoms. The normalized spacial score (nSPS) is 16.1. The summed E-state index contributed by atoms with van der Waals surface area (Å²) in [6, 6.07) is 0.505. The third-order valence-electron chi connectivity index (χ3n) is 5.53. The van der Waals surface area contributed by atoms with Crippen LogP contribution in [0.15, 0.2) is 0 Å². The van der Waals surface area contributed by atoms with E-state index in [2.05, 4.69) is 79.6 Å². The molecule has 0 aliphatic carbocycles. The monoisotopic (exact) mass is 331 g/mol. The van der Waals surface area contributed by atoms with Crippen LogP contribution in [-0.2, 0) is 4.43 Å². The molecular formula is C17H41NOSi2. The fraction of sp³-hybridized carbons (Fsp3) is 1.00. The molecule has 0 fully saturated rings. The van der Waals surface area contributed by atoms with E-state index in [-0.39, 0.29) is 0 Å². The molecule has 0 aromatic heterocycles. The van der Waals surface area contributed by atoms with Crippen molar-refractivity contribution < 1.29 is 4.43 Å². The van der Waals surface area contributed by atoms with Crippen LogP contribution in [0.4, 0.5) is 0 Å². The maximum atomic E-state index is 6.47. The number of nitrogens with one attached hydrogen (secondary N) is 1. The largest absolute Gasteiger partial charge is 0.415 e. The lowest BCUT2D eigenvalue weighted by molar-refractivity contribution is 0.247. The maximum absolute atomic E-state index is 6.47. The summed E-state index contributed by atoms with van der Waals surface area (Å²) < 4.78 is 6.47. The molecule has 2 nitrogen and oxygen atoms in total. The van der Waals surface area contributed by atoms with Crippen LogP contribution in [0.25, 0.3) is 0 Å². The quantitative estimate of drug-likeness (QED) is 0.598. The Hall–Kier alpha value is 0.354. The van der Waals surface area contributed by atoms with E-state index >= 15 is 0 Å². The van der Waals surface area contributed by atoms with Crippen LogP contribution >= 0.6 is 0 Å². The van der Waals surface area contributed by atoms with Crippen molar-refractivity contribution in [2.24, 2.45) is 0 Å². The lowest BCUT2D eigenvalue weighted by Gasteiger charge is -2.42. The molecule has 0 spiro atoms. The van der Waals surface area contributed by atoms with Crippen LogP contribution in [0.3, 0.4) is 0 Å². The highest BCUT2D eigenvalue weighted by atomic mass is 28.4. The number of hydrogen-bond donors (Lipinski definition) is 1. The van der Waals surface area contributed by atoms with Gasteiger partial charge in [-0.15, -0.1) is 0 Å². The Labute approximate surface area is 136 Å². The fourth-order valence-corrected chi connectivity index (χ4v) is 4.53. The first kappa shape index (κ1) is 21.4. The third-order valence-corrected chi connectivity index (χ3v) is 14.9. The van der Waals surface area contributed by atoms with Crippen molar-refractivity contribution in [2.75, 3.05) is 6.61 Å². The molecule has 0 rings (SSSR count). The highest BCUT2D eigenvalue weighted by molar-refractivity contribution is 6.77. The topological polar surface area (TPSA) is 21.3 Å². The highest BCUT2D eigenvalue weighted by Gasteiger charge is 2.40. The van der Waals surface area contributed by atoms with E-state index in [1.54, 1.807) is 0 Å². The Morgan fingerprint density at radius 2 is 1.38 bits per heavy atom. The van der Waals surface area contributed by atoms with E-state index in [9.17, 15) is 0 Å². The van der Waals surface area contributed by atoms with Crippen LogP contribution in [0.5, 0.6) is 0 Å². The number of rotatable bonds is 7. The lowest BCUT2D eigenvalue weighted by atomic mass is 10.2. The van der Waals surface area contributed by atoms with Crippen molar-refractivity contribution >= 4 is 16.6 Å². The van der Waals surface area contributed by atoms with Gasteiger partial charge in [0.05, 0.1) is 0 Å². The van der Waals surface area contributed by atoms with Crippen LogP contribution in [0, 0.1) is 0 Å². The lowest BCUT2D eigenvalue weighted by Crippen LogP contribution is -2.58.